The number of nitrogens with zero attached hydrogens (tertiary/aromatic N) is 2. The maximum Gasteiger partial charge on any atom is 0.323 e. The highest BCUT2D eigenvalue weighted by Crippen LogP contribution is 2.26. The molecule has 2 saturated heterocycles. The van der Waals surface area contributed by atoms with Crippen LogP contribution in [-0.4, -0.2) is 65.5 Å². The smallest absolute Gasteiger partial charge is 0.323 e. The van der Waals surface area contributed by atoms with Gasteiger partial charge in [0.2, 0.25) is 15.9 Å². The molecule has 2 heterocycles. The highest BCUT2D eigenvalue weighted by Gasteiger charge is 2.45. The van der Waals surface area contributed by atoms with Crippen molar-refractivity contribution in [1.82, 2.24) is 9.21 Å². The van der Waals surface area contributed by atoms with Crippen molar-refractivity contribution < 1.29 is 23.1 Å². The van der Waals surface area contributed by atoms with Gasteiger partial charge in [-0.25, -0.2) is 8.42 Å². The summed E-state index contributed by atoms with van der Waals surface area (Å²) in [4.78, 5) is 24.0. The molecule has 0 aromatic rings. The van der Waals surface area contributed by atoms with Crippen molar-refractivity contribution in [3.8, 4) is 0 Å². The van der Waals surface area contributed by atoms with Gasteiger partial charge in [-0.3, -0.25) is 9.59 Å². The van der Waals surface area contributed by atoms with Gasteiger partial charge < -0.3 is 10.0 Å². The zero-order chi connectivity index (χ0) is 14.2. The van der Waals surface area contributed by atoms with E-state index in [2.05, 4.69) is 0 Å². The molecule has 0 bridgehead atoms. The number of aliphatic carboxylic acids is 1. The lowest BCUT2D eigenvalue weighted by Crippen LogP contribution is -2.44. The normalized spacial score (nSPS) is 30.7. The van der Waals surface area contributed by atoms with Gasteiger partial charge in [-0.15, -0.1) is 0 Å². The van der Waals surface area contributed by atoms with E-state index in [0.29, 0.717) is 6.54 Å². The van der Waals surface area contributed by atoms with Crippen molar-refractivity contribution in [2.75, 3.05) is 19.6 Å². The molecule has 2 atom stereocenters. The Hall–Kier alpha value is -1.15. The lowest BCUT2D eigenvalue weighted by molar-refractivity contribution is -0.136. The predicted octanol–water partition coefficient (Wildman–Crippen LogP) is -0.514. The molecular weight excluding hydrogens is 272 g/mol. The quantitative estimate of drug-likeness (QED) is 0.755. The number of rotatable bonds is 3. The third-order valence-corrected chi connectivity index (χ3v) is 6.04. The third kappa shape index (κ3) is 2.59. The van der Waals surface area contributed by atoms with Crippen LogP contribution in [0.25, 0.3) is 0 Å². The minimum absolute atomic E-state index is 0.0612. The molecule has 1 amide bonds. The highest BCUT2D eigenvalue weighted by atomic mass is 32.2. The third-order valence-electron chi connectivity index (χ3n) is 3.83. The molecule has 7 nitrogen and oxygen atoms in total. The number of carbonyl (C=O) groups excluding carboxylic acids is 1. The van der Waals surface area contributed by atoms with Crippen LogP contribution in [0.2, 0.25) is 0 Å². The Kier molecular flexibility index (Phi) is 3.82. The van der Waals surface area contributed by atoms with Gasteiger partial charge in [0.25, 0.3) is 0 Å². The number of hydrogen-bond acceptors (Lipinski definition) is 4. The molecule has 2 fully saturated rings. The fourth-order valence-corrected chi connectivity index (χ4v) is 4.60. The van der Waals surface area contributed by atoms with Gasteiger partial charge in [-0.05, 0) is 19.3 Å². The molecule has 2 aliphatic heterocycles. The molecule has 1 unspecified atom stereocenters. The van der Waals surface area contributed by atoms with E-state index in [1.54, 1.807) is 4.90 Å². The summed E-state index contributed by atoms with van der Waals surface area (Å²) in [7, 11) is -3.77. The SMILES string of the molecule is CC(=O)N1CCC[C@@H]1CN1CCC(C(=O)O)S1(=O)=O. The number of carboxylic acids is 1. The standard InChI is InChI=1S/C11H18N2O5S/c1-8(14)13-5-2-3-9(13)7-12-6-4-10(11(15)16)19(12,17)18/h9-10H,2-7H2,1H3,(H,15,16)/t9-,10?/m1/s1. The molecule has 0 radical (unpaired) electrons. The van der Waals surface area contributed by atoms with Crippen molar-refractivity contribution in [3.05, 3.63) is 0 Å². The summed E-state index contributed by atoms with van der Waals surface area (Å²) >= 11 is 0. The number of amides is 1. The Morgan fingerprint density at radius 3 is 2.47 bits per heavy atom. The van der Waals surface area contributed by atoms with Crippen LogP contribution < -0.4 is 0 Å². The predicted molar refractivity (Wildman–Crippen MR) is 66.9 cm³/mol. The van der Waals surface area contributed by atoms with Crippen LogP contribution in [0.3, 0.4) is 0 Å². The molecule has 0 aromatic carbocycles. The first-order valence-corrected chi connectivity index (χ1v) is 7.83. The summed E-state index contributed by atoms with van der Waals surface area (Å²) < 4.78 is 25.3. The van der Waals surface area contributed by atoms with Crippen LogP contribution in [-0.2, 0) is 19.6 Å². The second-order valence-electron chi connectivity index (χ2n) is 5.03. The van der Waals surface area contributed by atoms with E-state index in [9.17, 15) is 18.0 Å². The summed E-state index contributed by atoms with van der Waals surface area (Å²) in [6.07, 6.45) is 1.74. The van der Waals surface area contributed by atoms with E-state index in [1.165, 1.54) is 11.2 Å². The van der Waals surface area contributed by atoms with Gasteiger partial charge in [-0.2, -0.15) is 4.31 Å². The first-order chi connectivity index (χ1) is 8.84. The Morgan fingerprint density at radius 1 is 1.26 bits per heavy atom. The van der Waals surface area contributed by atoms with Crippen molar-refractivity contribution in [2.45, 2.75) is 37.5 Å². The van der Waals surface area contributed by atoms with Crippen LogP contribution in [0.15, 0.2) is 0 Å². The monoisotopic (exact) mass is 290 g/mol. The minimum Gasteiger partial charge on any atom is -0.480 e. The van der Waals surface area contributed by atoms with Gasteiger partial charge in [0, 0.05) is 32.6 Å². The van der Waals surface area contributed by atoms with Crippen molar-refractivity contribution in [1.29, 1.82) is 0 Å². The Morgan fingerprint density at radius 2 is 1.95 bits per heavy atom. The number of sulfonamides is 1. The summed E-state index contributed by atoms with van der Waals surface area (Å²) in [5, 5.41) is 7.56. The van der Waals surface area contributed by atoms with E-state index in [-0.39, 0.29) is 31.5 Å². The fourth-order valence-electron chi connectivity index (χ4n) is 2.84. The number of carboxylic acid groups (broad SMARTS) is 1. The largest absolute Gasteiger partial charge is 0.480 e. The molecule has 8 heteroatoms. The summed E-state index contributed by atoms with van der Waals surface area (Å²) in [5.74, 6) is -1.36. The van der Waals surface area contributed by atoms with Crippen LogP contribution in [0.1, 0.15) is 26.2 Å². The van der Waals surface area contributed by atoms with Crippen LogP contribution in [0, 0.1) is 0 Å². The Bertz CT molecular complexity index is 489. The van der Waals surface area contributed by atoms with Crippen LogP contribution in [0.5, 0.6) is 0 Å². The molecule has 0 spiro atoms. The second-order valence-corrected chi connectivity index (χ2v) is 7.14. The summed E-state index contributed by atoms with van der Waals surface area (Å²) in [6.45, 7) is 2.56. The lowest BCUT2D eigenvalue weighted by Gasteiger charge is -2.27. The van der Waals surface area contributed by atoms with Crippen LogP contribution >= 0.6 is 0 Å². The molecule has 2 rings (SSSR count). The average Bonchev–Trinajstić information content (AvgIpc) is 2.84. The minimum atomic E-state index is -3.77. The first-order valence-electron chi connectivity index (χ1n) is 6.33. The maximum absolute atomic E-state index is 12.0. The topological polar surface area (TPSA) is 95.0 Å². The molecule has 0 aromatic heterocycles. The number of hydrogen-bond donors (Lipinski definition) is 1. The highest BCUT2D eigenvalue weighted by molar-refractivity contribution is 7.90. The fraction of sp³-hybridized carbons (Fsp3) is 0.818. The lowest BCUT2D eigenvalue weighted by atomic mass is 10.2. The molecule has 1 N–H and O–H groups in total. The van der Waals surface area contributed by atoms with E-state index in [4.69, 9.17) is 5.11 Å². The zero-order valence-corrected chi connectivity index (χ0v) is 11.6. The molecular formula is C11H18N2O5S. The van der Waals surface area contributed by atoms with Gasteiger partial charge >= 0.3 is 5.97 Å². The van der Waals surface area contributed by atoms with E-state index < -0.39 is 21.2 Å². The average molecular weight is 290 g/mol. The molecule has 2 aliphatic rings. The Balaban J connectivity index is 2.08. The van der Waals surface area contributed by atoms with E-state index >= 15 is 0 Å². The van der Waals surface area contributed by atoms with Gasteiger partial charge in [0.15, 0.2) is 5.25 Å². The summed E-state index contributed by atoms with van der Waals surface area (Å²) in [6, 6.07) is -0.125. The zero-order valence-electron chi connectivity index (χ0n) is 10.8. The molecule has 0 saturated carbocycles. The van der Waals surface area contributed by atoms with Gasteiger partial charge in [-0.1, -0.05) is 0 Å². The van der Waals surface area contributed by atoms with Gasteiger partial charge in [0.05, 0.1) is 0 Å². The first kappa shape index (κ1) is 14.3. The summed E-state index contributed by atoms with van der Waals surface area (Å²) in [5.41, 5.74) is 0. The van der Waals surface area contributed by atoms with E-state index in [1.807, 2.05) is 0 Å². The molecule has 0 aliphatic carbocycles. The van der Waals surface area contributed by atoms with Gasteiger partial charge in [0.1, 0.15) is 0 Å². The number of carbonyl (C=O) groups is 2. The molecule has 19 heavy (non-hydrogen) atoms. The van der Waals surface area contributed by atoms with E-state index in [0.717, 1.165) is 12.8 Å². The van der Waals surface area contributed by atoms with Crippen molar-refractivity contribution in [2.24, 2.45) is 0 Å². The maximum atomic E-state index is 12.0. The Labute approximate surface area is 112 Å². The number of likely N-dealkylation sites (tertiary alicyclic amines) is 1. The molecule has 108 valence electrons. The second kappa shape index (κ2) is 5.09. The van der Waals surface area contributed by atoms with Crippen molar-refractivity contribution in [3.63, 3.8) is 0 Å². The van der Waals surface area contributed by atoms with Crippen molar-refractivity contribution >= 4 is 21.9 Å². The van der Waals surface area contributed by atoms with Crippen LogP contribution in [0.4, 0.5) is 0 Å².